The third-order valence-electron chi connectivity index (χ3n) is 5.06. The first-order valence-corrected chi connectivity index (χ1v) is 13.6. The summed E-state index contributed by atoms with van der Waals surface area (Å²) in [4.78, 5) is 22.4. The van der Waals surface area contributed by atoms with Gasteiger partial charge in [0, 0.05) is 28.1 Å². The highest BCUT2D eigenvalue weighted by Crippen LogP contribution is 2.42. The Morgan fingerprint density at radius 3 is 2.67 bits per heavy atom. The third kappa shape index (κ3) is 5.25. The quantitative estimate of drug-likeness (QED) is 0.164. The number of hydrogen-bond acceptors (Lipinski definition) is 8. The lowest BCUT2D eigenvalue weighted by Crippen LogP contribution is -2.11. The molecule has 0 saturated heterocycles. The second kappa shape index (κ2) is 11.2. The molecule has 3 aromatic heterocycles. The smallest absolute Gasteiger partial charge is 0.357 e. The van der Waals surface area contributed by atoms with Crippen LogP contribution in [0.25, 0.3) is 27.5 Å². The number of hydrogen-bond donors (Lipinski definition) is 0. The zero-order valence-electron chi connectivity index (χ0n) is 20.3. The number of aryl methyl sites for hydroxylation is 1. The second-order valence-electron chi connectivity index (χ2n) is 7.93. The van der Waals surface area contributed by atoms with Crippen molar-refractivity contribution < 1.29 is 14.3 Å². The molecule has 0 aliphatic heterocycles. The fraction of sp³-hybridized carbons (Fsp3) is 0.280. The number of carbonyl (C=O) groups is 1. The van der Waals surface area contributed by atoms with E-state index in [4.69, 9.17) is 42.8 Å². The van der Waals surface area contributed by atoms with Gasteiger partial charge in [-0.05, 0) is 38.1 Å². The van der Waals surface area contributed by atoms with Gasteiger partial charge in [-0.25, -0.2) is 14.8 Å². The van der Waals surface area contributed by atoms with E-state index in [0.29, 0.717) is 49.7 Å². The topological polar surface area (TPSA) is 79.1 Å². The molecule has 0 fully saturated rings. The molecule has 1 aromatic carbocycles. The molecule has 0 aliphatic carbocycles. The molecule has 0 spiro atoms. The van der Waals surface area contributed by atoms with Gasteiger partial charge >= 0.3 is 5.97 Å². The maximum absolute atomic E-state index is 13.1. The van der Waals surface area contributed by atoms with Crippen LogP contribution in [0.4, 0.5) is 0 Å². The van der Waals surface area contributed by atoms with Gasteiger partial charge in [0.1, 0.15) is 0 Å². The van der Waals surface area contributed by atoms with Crippen molar-refractivity contribution in [2.24, 2.45) is 0 Å². The molecule has 7 nitrogen and oxygen atoms in total. The average molecular weight is 564 g/mol. The van der Waals surface area contributed by atoms with Crippen LogP contribution in [0.1, 0.15) is 37.0 Å². The first-order chi connectivity index (χ1) is 17.2. The summed E-state index contributed by atoms with van der Waals surface area (Å²) in [6.45, 7) is 8.36. The summed E-state index contributed by atoms with van der Waals surface area (Å²) < 4.78 is 13.4. The van der Waals surface area contributed by atoms with Crippen LogP contribution in [0.2, 0.25) is 10.0 Å². The van der Waals surface area contributed by atoms with E-state index in [1.807, 2.05) is 26.0 Å². The molecule has 0 amide bonds. The Hall–Kier alpha value is -2.59. The molecule has 0 radical (unpaired) electrons. The van der Waals surface area contributed by atoms with E-state index in [2.05, 4.69) is 18.8 Å². The number of pyridine rings is 1. The van der Waals surface area contributed by atoms with Crippen LogP contribution < -0.4 is 4.74 Å². The summed E-state index contributed by atoms with van der Waals surface area (Å²) in [5, 5.41) is 6.45. The van der Waals surface area contributed by atoms with Crippen LogP contribution >= 0.6 is 46.3 Å². The SMILES string of the molecule is CCOc1ncccc1-c1c(C)nn(-c2nc(-c3ccc(Cl)c(Cl)c3)c(SC(C)C)s2)c1C(=O)OC. The number of ether oxygens (including phenoxy) is 2. The minimum Gasteiger partial charge on any atom is -0.478 e. The number of halogens is 2. The number of esters is 1. The van der Waals surface area contributed by atoms with E-state index in [9.17, 15) is 4.79 Å². The van der Waals surface area contributed by atoms with Gasteiger partial charge in [0.2, 0.25) is 11.0 Å². The van der Waals surface area contributed by atoms with Gasteiger partial charge in [-0.2, -0.15) is 9.78 Å². The molecule has 188 valence electrons. The van der Waals surface area contributed by atoms with Crippen LogP contribution in [0.15, 0.2) is 40.7 Å². The molecule has 0 N–H and O–H groups in total. The van der Waals surface area contributed by atoms with Crippen LogP contribution in [0.5, 0.6) is 5.88 Å². The fourth-order valence-electron chi connectivity index (χ4n) is 3.61. The lowest BCUT2D eigenvalue weighted by molar-refractivity contribution is 0.0591. The van der Waals surface area contributed by atoms with E-state index >= 15 is 0 Å². The monoisotopic (exact) mass is 562 g/mol. The highest BCUT2D eigenvalue weighted by molar-refractivity contribution is 8.01. The van der Waals surface area contributed by atoms with Crippen molar-refractivity contribution in [2.75, 3.05) is 13.7 Å². The number of thioether (sulfide) groups is 1. The number of thiazole rings is 1. The molecule has 0 saturated carbocycles. The molecule has 3 heterocycles. The summed E-state index contributed by atoms with van der Waals surface area (Å²) in [6, 6.07) is 9.05. The summed E-state index contributed by atoms with van der Waals surface area (Å²) in [6.07, 6.45) is 1.64. The molecule has 0 unspecified atom stereocenters. The van der Waals surface area contributed by atoms with Crippen molar-refractivity contribution in [1.82, 2.24) is 19.7 Å². The zero-order chi connectivity index (χ0) is 26.0. The van der Waals surface area contributed by atoms with E-state index in [-0.39, 0.29) is 5.69 Å². The molecular weight excluding hydrogens is 539 g/mol. The Balaban J connectivity index is 1.95. The van der Waals surface area contributed by atoms with Crippen molar-refractivity contribution in [2.45, 2.75) is 37.2 Å². The van der Waals surface area contributed by atoms with Gasteiger partial charge < -0.3 is 9.47 Å². The Kier molecular flexibility index (Phi) is 8.24. The lowest BCUT2D eigenvalue weighted by atomic mass is 10.0. The van der Waals surface area contributed by atoms with Gasteiger partial charge in [-0.15, -0.1) is 11.8 Å². The Bertz CT molecular complexity index is 1420. The molecule has 0 atom stereocenters. The van der Waals surface area contributed by atoms with Gasteiger partial charge in [0.05, 0.1) is 39.4 Å². The Morgan fingerprint density at radius 2 is 2.00 bits per heavy atom. The van der Waals surface area contributed by atoms with Gasteiger partial charge in [0.25, 0.3) is 0 Å². The van der Waals surface area contributed by atoms with E-state index in [0.717, 1.165) is 15.5 Å². The number of methoxy groups -OCH3 is 1. The van der Waals surface area contributed by atoms with Crippen molar-refractivity contribution >= 4 is 52.3 Å². The zero-order valence-corrected chi connectivity index (χ0v) is 23.5. The highest BCUT2D eigenvalue weighted by atomic mass is 35.5. The Morgan fingerprint density at radius 1 is 1.22 bits per heavy atom. The summed E-state index contributed by atoms with van der Waals surface area (Å²) in [5.41, 5.74) is 3.68. The largest absolute Gasteiger partial charge is 0.478 e. The lowest BCUT2D eigenvalue weighted by Gasteiger charge is -2.10. The van der Waals surface area contributed by atoms with Crippen molar-refractivity contribution in [3.05, 3.63) is 58.0 Å². The minimum absolute atomic E-state index is 0.250. The normalized spacial score (nSPS) is 11.2. The van der Waals surface area contributed by atoms with Gasteiger partial charge in [0.15, 0.2) is 5.69 Å². The number of rotatable bonds is 8. The van der Waals surface area contributed by atoms with Crippen LogP contribution in [0, 0.1) is 6.92 Å². The summed E-state index contributed by atoms with van der Waals surface area (Å²) >= 11 is 15.6. The molecule has 4 rings (SSSR count). The maximum Gasteiger partial charge on any atom is 0.357 e. The standard InChI is InChI=1S/C25H24Cl2N4O3S2/c1-6-34-22-16(8-7-11-28-22)19-14(4)30-31(21(19)23(32)33-5)25-29-20(24(36-25)35-13(2)3)15-9-10-17(26)18(27)12-15/h7-13H,6H2,1-5H3. The average Bonchev–Trinajstić information content (AvgIpc) is 3.41. The molecule has 11 heteroatoms. The third-order valence-corrected chi connectivity index (χ3v) is 8.04. The second-order valence-corrected chi connectivity index (χ2v) is 11.6. The number of nitrogens with zero attached hydrogens (tertiary/aromatic N) is 4. The number of benzene rings is 1. The van der Waals surface area contributed by atoms with Crippen LogP contribution in [-0.4, -0.2) is 44.7 Å². The van der Waals surface area contributed by atoms with Crippen molar-refractivity contribution in [3.8, 4) is 33.4 Å². The van der Waals surface area contributed by atoms with Gasteiger partial charge in [-0.3, -0.25) is 0 Å². The number of aromatic nitrogens is 4. The highest BCUT2D eigenvalue weighted by Gasteiger charge is 2.29. The molecule has 4 aromatic rings. The van der Waals surface area contributed by atoms with Gasteiger partial charge in [-0.1, -0.05) is 54.5 Å². The fourth-order valence-corrected chi connectivity index (χ4v) is 6.39. The number of carbonyl (C=O) groups excluding carboxylic acids is 1. The predicted octanol–water partition coefficient (Wildman–Crippen LogP) is 7.36. The Labute approximate surface area is 227 Å². The van der Waals surface area contributed by atoms with E-state index < -0.39 is 5.97 Å². The molecule has 0 bridgehead atoms. The summed E-state index contributed by atoms with van der Waals surface area (Å²) in [7, 11) is 1.34. The maximum atomic E-state index is 13.1. The van der Waals surface area contributed by atoms with Crippen molar-refractivity contribution in [1.29, 1.82) is 0 Å². The van der Waals surface area contributed by atoms with Crippen LogP contribution in [-0.2, 0) is 4.74 Å². The van der Waals surface area contributed by atoms with E-state index in [1.54, 1.807) is 36.2 Å². The molecule has 0 aliphatic rings. The van der Waals surface area contributed by atoms with E-state index in [1.165, 1.54) is 23.1 Å². The predicted molar refractivity (Wildman–Crippen MR) is 146 cm³/mol. The molecular formula is C25H24Cl2N4O3S2. The first kappa shape index (κ1) is 26.5. The molecule has 36 heavy (non-hydrogen) atoms. The van der Waals surface area contributed by atoms with Crippen LogP contribution in [0.3, 0.4) is 0 Å². The summed E-state index contributed by atoms with van der Waals surface area (Å²) in [5.74, 6) is -0.124. The minimum atomic E-state index is -0.541. The first-order valence-electron chi connectivity index (χ1n) is 11.1. The van der Waals surface area contributed by atoms with Crippen molar-refractivity contribution in [3.63, 3.8) is 0 Å².